The van der Waals surface area contributed by atoms with E-state index in [9.17, 15) is 13.2 Å². The molecule has 0 atom stereocenters. The van der Waals surface area contributed by atoms with Crippen molar-refractivity contribution in [3.05, 3.63) is 64.6 Å². The quantitative estimate of drug-likeness (QED) is 0.578. The first-order valence-electron chi connectivity index (χ1n) is 10.2. The van der Waals surface area contributed by atoms with Crippen molar-refractivity contribution in [2.75, 3.05) is 5.73 Å². The van der Waals surface area contributed by atoms with Gasteiger partial charge in [0, 0.05) is 23.5 Å². The Kier molecular flexibility index (Phi) is 6.42. The number of nitrogens with one attached hydrogen (secondary N) is 1. The molecule has 0 saturated heterocycles. The van der Waals surface area contributed by atoms with Crippen molar-refractivity contribution in [3.63, 3.8) is 0 Å². The molecule has 0 aliphatic carbocycles. The second-order valence-electron chi connectivity index (χ2n) is 8.81. The van der Waals surface area contributed by atoms with Crippen LogP contribution in [-0.4, -0.2) is 29.3 Å². The molecular formula is C23H27N5O4S. The number of carbonyl (C=O) groups excluding carboxylic acids is 1. The third kappa shape index (κ3) is 5.28. The Morgan fingerprint density at radius 2 is 1.64 bits per heavy atom. The molecule has 0 unspecified atom stereocenters. The highest BCUT2D eigenvalue weighted by Crippen LogP contribution is 2.33. The summed E-state index contributed by atoms with van der Waals surface area (Å²) in [6.07, 6.45) is 2.43. The smallest absolute Gasteiger partial charge is 0.285 e. The molecule has 3 N–H and O–H groups in total. The second kappa shape index (κ2) is 8.78. The lowest BCUT2D eigenvalue weighted by Gasteiger charge is -2.21. The van der Waals surface area contributed by atoms with Crippen LogP contribution in [0.15, 0.2) is 41.7 Å². The van der Waals surface area contributed by atoms with Crippen LogP contribution in [0, 0.1) is 20.8 Å². The van der Waals surface area contributed by atoms with Crippen molar-refractivity contribution >= 4 is 21.7 Å². The first-order valence-corrected chi connectivity index (χ1v) is 11.7. The molecule has 0 bridgehead atoms. The van der Waals surface area contributed by atoms with Gasteiger partial charge >= 0.3 is 0 Å². The lowest BCUT2D eigenvalue weighted by Crippen LogP contribution is -2.32. The van der Waals surface area contributed by atoms with Gasteiger partial charge in [0.2, 0.25) is 10.9 Å². The van der Waals surface area contributed by atoms with E-state index in [2.05, 4.69) is 15.0 Å². The molecule has 3 aromatic rings. The van der Waals surface area contributed by atoms with Gasteiger partial charge in [0.25, 0.3) is 15.9 Å². The van der Waals surface area contributed by atoms with Crippen LogP contribution in [0.4, 0.5) is 5.82 Å². The molecule has 33 heavy (non-hydrogen) atoms. The Hall–Kier alpha value is -3.53. The molecule has 0 radical (unpaired) electrons. The zero-order chi connectivity index (χ0) is 24.6. The molecule has 0 saturated carbocycles. The molecule has 2 aromatic heterocycles. The van der Waals surface area contributed by atoms with E-state index in [4.69, 9.17) is 10.5 Å². The minimum absolute atomic E-state index is 0.00250. The molecule has 0 aliphatic heterocycles. The van der Waals surface area contributed by atoms with Crippen LogP contribution in [0.2, 0.25) is 0 Å². The maximum atomic E-state index is 13.0. The predicted octanol–water partition coefficient (Wildman–Crippen LogP) is 3.59. The van der Waals surface area contributed by atoms with Gasteiger partial charge < -0.3 is 10.5 Å². The number of pyridine rings is 1. The van der Waals surface area contributed by atoms with Crippen LogP contribution < -0.4 is 15.2 Å². The van der Waals surface area contributed by atoms with Crippen molar-refractivity contribution < 1.29 is 17.9 Å². The van der Waals surface area contributed by atoms with Crippen molar-refractivity contribution in [2.24, 2.45) is 0 Å². The molecule has 2 heterocycles. The number of carbonyl (C=O) groups is 1. The summed E-state index contributed by atoms with van der Waals surface area (Å²) < 4.78 is 33.5. The fourth-order valence-corrected chi connectivity index (χ4v) is 4.28. The highest BCUT2D eigenvalue weighted by atomic mass is 32.2. The van der Waals surface area contributed by atoms with E-state index in [1.807, 2.05) is 58.4 Å². The van der Waals surface area contributed by atoms with Gasteiger partial charge in [0.15, 0.2) is 5.82 Å². The minimum Gasteiger partial charge on any atom is -0.438 e. The lowest BCUT2D eigenvalue weighted by molar-refractivity contribution is 0.0978. The number of aryl methyl sites for hydroxylation is 3. The fraction of sp³-hybridized carbons (Fsp3) is 0.304. The van der Waals surface area contributed by atoms with Crippen molar-refractivity contribution in [1.82, 2.24) is 19.7 Å². The Labute approximate surface area is 193 Å². The summed E-state index contributed by atoms with van der Waals surface area (Å²) in [4.78, 5) is 25.0. The minimum atomic E-state index is -4.37. The summed E-state index contributed by atoms with van der Waals surface area (Å²) in [5, 5.41) is -0.537. The van der Waals surface area contributed by atoms with E-state index < -0.39 is 21.0 Å². The third-order valence-corrected chi connectivity index (χ3v) is 6.13. The van der Waals surface area contributed by atoms with E-state index >= 15 is 0 Å². The first-order chi connectivity index (χ1) is 15.3. The summed E-state index contributed by atoms with van der Waals surface area (Å²) in [5.41, 5.74) is 8.72. The zero-order valence-corrected chi connectivity index (χ0v) is 20.2. The molecule has 10 heteroatoms. The highest BCUT2D eigenvalue weighted by Gasteiger charge is 2.27. The summed E-state index contributed by atoms with van der Waals surface area (Å²) in [6, 6.07) is 7.07. The Bertz CT molecular complexity index is 1310. The van der Waals surface area contributed by atoms with Crippen molar-refractivity contribution in [3.8, 4) is 11.6 Å². The third-order valence-electron chi connectivity index (χ3n) is 4.85. The van der Waals surface area contributed by atoms with Gasteiger partial charge in [-0.25, -0.2) is 19.7 Å². The number of amides is 1. The molecule has 9 nitrogen and oxygen atoms in total. The number of sulfonamides is 1. The lowest BCUT2D eigenvalue weighted by atomic mass is 9.91. The maximum absolute atomic E-state index is 13.0. The maximum Gasteiger partial charge on any atom is 0.285 e. The number of ether oxygens (including phenoxy) is 1. The van der Waals surface area contributed by atoms with Crippen LogP contribution in [-0.2, 0) is 15.4 Å². The van der Waals surface area contributed by atoms with Gasteiger partial charge in [-0.2, -0.15) is 8.42 Å². The monoisotopic (exact) mass is 469 g/mol. The Morgan fingerprint density at radius 3 is 2.21 bits per heavy atom. The number of nitrogens with two attached hydrogens (primary N) is 1. The Balaban J connectivity index is 2.06. The normalized spacial score (nSPS) is 11.8. The van der Waals surface area contributed by atoms with Gasteiger partial charge in [0.1, 0.15) is 11.3 Å². The average molecular weight is 470 g/mol. The number of hydrogen-bond acceptors (Lipinski definition) is 8. The number of nitrogen functional groups attached to an aromatic ring is 1. The van der Waals surface area contributed by atoms with E-state index in [1.54, 1.807) is 6.07 Å². The van der Waals surface area contributed by atoms with Gasteiger partial charge in [-0.1, -0.05) is 38.5 Å². The molecular weight excluding hydrogens is 442 g/mol. The SMILES string of the molecule is Cc1cc(C)c(Oc2nc(C(C)(C)C)ccc2C(=O)NS(=O)(=O)c2nccnc2N)c(C)c1. The van der Waals surface area contributed by atoms with Crippen molar-refractivity contribution in [2.45, 2.75) is 52.0 Å². The van der Waals surface area contributed by atoms with E-state index in [1.165, 1.54) is 18.5 Å². The second-order valence-corrected chi connectivity index (χ2v) is 10.4. The van der Waals surface area contributed by atoms with Crippen LogP contribution in [0.1, 0.15) is 53.5 Å². The topological polar surface area (TPSA) is 137 Å². The van der Waals surface area contributed by atoms with E-state index in [-0.39, 0.29) is 22.7 Å². The van der Waals surface area contributed by atoms with E-state index in [0.717, 1.165) is 16.7 Å². The summed E-state index contributed by atoms with van der Waals surface area (Å²) in [6.45, 7) is 11.7. The number of nitrogens with zero attached hydrogens (tertiary/aromatic N) is 3. The standard InChI is InChI=1S/C23H27N5O4S/c1-13-11-14(2)18(15(3)12-13)32-21-16(7-8-17(27-21)23(4,5)6)20(29)28-33(30,31)22-19(24)25-9-10-26-22/h7-12H,1-6H3,(H2,24,25)(H,28,29). The fourth-order valence-electron chi connectivity index (χ4n) is 3.30. The van der Waals surface area contributed by atoms with Crippen molar-refractivity contribution in [1.29, 1.82) is 0 Å². The first kappa shape index (κ1) is 24.1. The van der Waals surface area contributed by atoms with Gasteiger partial charge in [-0.15, -0.1) is 0 Å². The van der Waals surface area contributed by atoms with Crippen LogP contribution in [0.5, 0.6) is 11.6 Å². The molecule has 3 rings (SSSR count). The van der Waals surface area contributed by atoms with Crippen LogP contribution >= 0.6 is 0 Å². The molecule has 0 fully saturated rings. The molecule has 174 valence electrons. The highest BCUT2D eigenvalue weighted by molar-refractivity contribution is 7.90. The molecule has 1 aromatic carbocycles. The number of hydrogen-bond donors (Lipinski definition) is 2. The molecule has 0 aliphatic rings. The molecule has 0 spiro atoms. The van der Waals surface area contributed by atoms with Gasteiger partial charge in [-0.3, -0.25) is 4.79 Å². The summed E-state index contributed by atoms with van der Waals surface area (Å²) in [5.74, 6) is -0.696. The van der Waals surface area contributed by atoms with Gasteiger partial charge in [-0.05, 0) is 44.0 Å². The van der Waals surface area contributed by atoms with Crippen LogP contribution in [0.25, 0.3) is 0 Å². The summed E-state index contributed by atoms with van der Waals surface area (Å²) >= 11 is 0. The van der Waals surface area contributed by atoms with Crippen LogP contribution in [0.3, 0.4) is 0 Å². The number of aromatic nitrogens is 3. The predicted molar refractivity (Wildman–Crippen MR) is 125 cm³/mol. The van der Waals surface area contributed by atoms with E-state index in [0.29, 0.717) is 11.4 Å². The Morgan fingerprint density at radius 1 is 1.03 bits per heavy atom. The number of benzene rings is 1. The van der Waals surface area contributed by atoms with Gasteiger partial charge in [0.05, 0.1) is 0 Å². The largest absolute Gasteiger partial charge is 0.438 e. The number of anilines is 1. The number of rotatable bonds is 5. The zero-order valence-electron chi connectivity index (χ0n) is 19.4. The average Bonchev–Trinajstić information content (AvgIpc) is 2.69. The molecule has 1 amide bonds. The summed E-state index contributed by atoms with van der Waals surface area (Å²) in [7, 11) is -4.37.